The number of aliphatic hydroxyl groups excluding tert-OH is 1. The molecule has 0 aliphatic heterocycles. The van der Waals surface area contributed by atoms with E-state index in [1.165, 1.54) is 12.8 Å². The lowest BCUT2D eigenvalue weighted by molar-refractivity contribution is 0.0725. The second kappa shape index (κ2) is 3.11. The highest BCUT2D eigenvalue weighted by Crippen LogP contribution is 2.35. The molecule has 66 valence electrons. The van der Waals surface area contributed by atoms with E-state index in [0.717, 1.165) is 12.3 Å². The molecule has 11 heavy (non-hydrogen) atoms. The highest BCUT2D eigenvalue weighted by atomic mass is 16.3. The summed E-state index contributed by atoms with van der Waals surface area (Å²) in [6.07, 6.45) is 3.40. The molecule has 0 amide bonds. The van der Waals surface area contributed by atoms with E-state index in [1.54, 1.807) is 0 Å². The van der Waals surface area contributed by atoms with Crippen LogP contribution in [0.15, 0.2) is 0 Å². The normalized spacial score (nSPS) is 21.8. The predicted molar refractivity (Wildman–Crippen MR) is 46.5 cm³/mol. The van der Waals surface area contributed by atoms with Crippen molar-refractivity contribution in [2.75, 3.05) is 7.05 Å². The Hall–Kier alpha value is -0.0800. The van der Waals surface area contributed by atoms with E-state index in [2.05, 4.69) is 5.32 Å². The quantitative estimate of drug-likeness (QED) is 0.641. The zero-order valence-electron chi connectivity index (χ0n) is 7.72. The van der Waals surface area contributed by atoms with Gasteiger partial charge in [0.1, 0.15) is 0 Å². The van der Waals surface area contributed by atoms with Crippen LogP contribution in [0.4, 0.5) is 0 Å². The smallest absolute Gasteiger partial charge is 0.0718 e. The van der Waals surface area contributed by atoms with Crippen LogP contribution in [0.3, 0.4) is 0 Å². The molecule has 2 nitrogen and oxygen atoms in total. The van der Waals surface area contributed by atoms with Crippen molar-refractivity contribution in [1.29, 1.82) is 0 Å². The maximum Gasteiger partial charge on any atom is 0.0718 e. The van der Waals surface area contributed by atoms with E-state index >= 15 is 0 Å². The summed E-state index contributed by atoms with van der Waals surface area (Å²) < 4.78 is 0. The van der Waals surface area contributed by atoms with Crippen LogP contribution in [0.1, 0.15) is 33.1 Å². The van der Waals surface area contributed by atoms with Crippen LogP contribution < -0.4 is 5.32 Å². The third-order valence-electron chi connectivity index (χ3n) is 2.73. The lowest BCUT2D eigenvalue weighted by Crippen LogP contribution is -2.47. The predicted octanol–water partition coefficient (Wildman–Crippen LogP) is 1.15. The van der Waals surface area contributed by atoms with Gasteiger partial charge in [0.05, 0.1) is 6.10 Å². The highest BCUT2D eigenvalue weighted by Gasteiger charge is 2.32. The van der Waals surface area contributed by atoms with Gasteiger partial charge in [0.2, 0.25) is 0 Å². The van der Waals surface area contributed by atoms with Crippen molar-refractivity contribution in [2.24, 2.45) is 5.92 Å². The molecule has 1 rings (SSSR count). The minimum atomic E-state index is -0.194. The number of rotatable bonds is 4. The fraction of sp³-hybridized carbons (Fsp3) is 1.00. The van der Waals surface area contributed by atoms with Gasteiger partial charge >= 0.3 is 0 Å². The molecular weight excluding hydrogens is 138 g/mol. The molecule has 0 saturated heterocycles. The first-order valence-corrected chi connectivity index (χ1v) is 4.43. The van der Waals surface area contributed by atoms with Gasteiger partial charge in [0, 0.05) is 5.54 Å². The van der Waals surface area contributed by atoms with Crippen LogP contribution in [0.5, 0.6) is 0 Å². The van der Waals surface area contributed by atoms with Gasteiger partial charge in [-0.2, -0.15) is 0 Å². The Labute approximate surface area is 69.0 Å². The van der Waals surface area contributed by atoms with Crippen LogP contribution in [0.25, 0.3) is 0 Å². The highest BCUT2D eigenvalue weighted by molar-refractivity contribution is 4.88. The molecule has 0 spiro atoms. The van der Waals surface area contributed by atoms with E-state index < -0.39 is 0 Å². The minimum absolute atomic E-state index is 0.122. The molecule has 0 aromatic heterocycles. The summed E-state index contributed by atoms with van der Waals surface area (Å²) in [4.78, 5) is 0. The number of nitrogens with one attached hydrogen (secondary N) is 1. The molecule has 0 aromatic rings. The van der Waals surface area contributed by atoms with Crippen molar-refractivity contribution in [3.8, 4) is 0 Å². The van der Waals surface area contributed by atoms with Crippen molar-refractivity contribution in [1.82, 2.24) is 5.32 Å². The Kier molecular flexibility index (Phi) is 2.55. The van der Waals surface area contributed by atoms with Crippen molar-refractivity contribution >= 4 is 0 Å². The summed E-state index contributed by atoms with van der Waals surface area (Å²) in [6, 6.07) is 0. The topological polar surface area (TPSA) is 32.3 Å². The molecule has 0 bridgehead atoms. The van der Waals surface area contributed by atoms with Gasteiger partial charge in [-0.05, 0) is 33.2 Å². The molecule has 1 fully saturated rings. The minimum Gasteiger partial charge on any atom is -0.391 e. The SMILES string of the molecule is CNC(C)(C)C(O)CC1CC1. The summed E-state index contributed by atoms with van der Waals surface area (Å²) in [6.45, 7) is 4.08. The maximum atomic E-state index is 9.72. The first-order chi connectivity index (χ1) is 5.06. The van der Waals surface area contributed by atoms with Crippen LogP contribution >= 0.6 is 0 Å². The third-order valence-corrected chi connectivity index (χ3v) is 2.73. The zero-order valence-corrected chi connectivity index (χ0v) is 7.72. The summed E-state index contributed by atoms with van der Waals surface area (Å²) in [5.41, 5.74) is -0.122. The average molecular weight is 157 g/mol. The fourth-order valence-corrected chi connectivity index (χ4v) is 1.13. The standard InChI is InChI=1S/C9H19NO/c1-9(2,10-3)8(11)6-7-4-5-7/h7-8,10-11H,4-6H2,1-3H3. The van der Waals surface area contributed by atoms with E-state index in [9.17, 15) is 5.11 Å². The van der Waals surface area contributed by atoms with Crippen molar-refractivity contribution in [3.63, 3.8) is 0 Å². The molecule has 0 heterocycles. The van der Waals surface area contributed by atoms with Gasteiger partial charge in [-0.25, -0.2) is 0 Å². The van der Waals surface area contributed by atoms with Crippen molar-refractivity contribution in [3.05, 3.63) is 0 Å². The van der Waals surface area contributed by atoms with Crippen molar-refractivity contribution < 1.29 is 5.11 Å². The monoisotopic (exact) mass is 157 g/mol. The summed E-state index contributed by atoms with van der Waals surface area (Å²) >= 11 is 0. The van der Waals surface area contributed by atoms with Gasteiger partial charge < -0.3 is 10.4 Å². The van der Waals surface area contributed by atoms with Crippen LogP contribution in [-0.2, 0) is 0 Å². The number of aliphatic hydroxyl groups is 1. The molecule has 1 aliphatic carbocycles. The Morgan fingerprint density at radius 2 is 2.09 bits per heavy atom. The molecular formula is C9H19NO. The molecule has 0 radical (unpaired) electrons. The third kappa shape index (κ3) is 2.46. The largest absolute Gasteiger partial charge is 0.391 e. The molecule has 1 atom stereocenters. The second-order valence-electron chi connectivity index (χ2n) is 4.17. The van der Waals surface area contributed by atoms with Crippen LogP contribution in [0, 0.1) is 5.92 Å². The van der Waals surface area contributed by atoms with E-state index in [0.29, 0.717) is 0 Å². The van der Waals surface area contributed by atoms with Gasteiger partial charge in [0.15, 0.2) is 0 Å². The molecule has 2 heteroatoms. The first-order valence-electron chi connectivity index (χ1n) is 4.43. The molecule has 1 unspecified atom stereocenters. The Bertz CT molecular complexity index is 130. The van der Waals surface area contributed by atoms with Crippen LogP contribution in [0.2, 0.25) is 0 Å². The lowest BCUT2D eigenvalue weighted by Gasteiger charge is -2.30. The maximum absolute atomic E-state index is 9.72. The lowest BCUT2D eigenvalue weighted by atomic mass is 9.93. The number of likely N-dealkylation sites (N-methyl/N-ethyl adjacent to an activating group) is 1. The first kappa shape index (κ1) is 9.01. The summed E-state index contributed by atoms with van der Waals surface area (Å²) in [7, 11) is 1.90. The van der Waals surface area contributed by atoms with Gasteiger partial charge in [-0.15, -0.1) is 0 Å². The number of hydrogen-bond donors (Lipinski definition) is 2. The fourth-order valence-electron chi connectivity index (χ4n) is 1.13. The van der Waals surface area contributed by atoms with Gasteiger partial charge in [0.25, 0.3) is 0 Å². The Morgan fingerprint density at radius 3 is 2.45 bits per heavy atom. The van der Waals surface area contributed by atoms with E-state index in [1.807, 2.05) is 20.9 Å². The number of hydrogen-bond acceptors (Lipinski definition) is 2. The summed E-state index contributed by atoms with van der Waals surface area (Å²) in [5.74, 6) is 0.803. The second-order valence-corrected chi connectivity index (χ2v) is 4.17. The molecule has 1 aliphatic rings. The van der Waals surface area contributed by atoms with E-state index in [4.69, 9.17) is 0 Å². The van der Waals surface area contributed by atoms with Gasteiger partial charge in [-0.1, -0.05) is 12.8 Å². The Balaban J connectivity index is 2.31. The van der Waals surface area contributed by atoms with Crippen LogP contribution in [-0.4, -0.2) is 23.8 Å². The van der Waals surface area contributed by atoms with Crippen molar-refractivity contribution in [2.45, 2.75) is 44.8 Å². The van der Waals surface area contributed by atoms with Gasteiger partial charge in [-0.3, -0.25) is 0 Å². The Morgan fingerprint density at radius 1 is 1.55 bits per heavy atom. The molecule has 0 aromatic carbocycles. The summed E-state index contributed by atoms with van der Waals surface area (Å²) in [5, 5.41) is 12.8. The average Bonchev–Trinajstić information content (AvgIpc) is 2.72. The zero-order chi connectivity index (χ0) is 8.48. The molecule has 2 N–H and O–H groups in total. The molecule has 1 saturated carbocycles. The van der Waals surface area contributed by atoms with E-state index in [-0.39, 0.29) is 11.6 Å².